The molecule has 0 radical (unpaired) electrons. The zero-order chi connectivity index (χ0) is 9.84. The van der Waals surface area contributed by atoms with Crippen LogP contribution in [0.1, 0.15) is 31.7 Å². The second-order valence-electron chi connectivity index (χ2n) is 3.40. The lowest BCUT2D eigenvalue weighted by Crippen LogP contribution is -2.16. The molecule has 0 saturated carbocycles. The number of rotatable bonds is 3. The molecule has 1 heterocycles. The maximum absolute atomic E-state index is 4.39. The van der Waals surface area contributed by atoms with E-state index in [0.29, 0.717) is 6.04 Å². The minimum Gasteiger partial charge on any atom is -0.366 e. The smallest absolute Gasteiger partial charge is 0.147 e. The third-order valence-electron chi connectivity index (χ3n) is 2.07. The molecule has 0 aromatic carbocycles. The first kappa shape index (κ1) is 9.96. The molecule has 1 atom stereocenters. The standard InChI is InChI=1S/C10H17N3/c1-5-7(2)12-10-9(4)11-6-8(3)13-10/h6-7H,5H2,1-4H3,(H,12,13). The van der Waals surface area contributed by atoms with Crippen molar-refractivity contribution in [2.24, 2.45) is 0 Å². The van der Waals surface area contributed by atoms with Gasteiger partial charge in [-0.3, -0.25) is 4.98 Å². The summed E-state index contributed by atoms with van der Waals surface area (Å²) in [6.45, 7) is 8.21. The van der Waals surface area contributed by atoms with Gasteiger partial charge in [-0.1, -0.05) is 6.92 Å². The van der Waals surface area contributed by atoms with E-state index in [0.717, 1.165) is 23.6 Å². The number of anilines is 1. The second-order valence-corrected chi connectivity index (χ2v) is 3.40. The van der Waals surface area contributed by atoms with Gasteiger partial charge >= 0.3 is 0 Å². The maximum atomic E-state index is 4.39. The van der Waals surface area contributed by atoms with Crippen molar-refractivity contribution in [1.29, 1.82) is 0 Å². The summed E-state index contributed by atoms with van der Waals surface area (Å²) in [4.78, 5) is 8.63. The summed E-state index contributed by atoms with van der Waals surface area (Å²) < 4.78 is 0. The Morgan fingerprint density at radius 2 is 2.15 bits per heavy atom. The van der Waals surface area contributed by atoms with Crippen molar-refractivity contribution in [2.45, 2.75) is 40.2 Å². The van der Waals surface area contributed by atoms with Gasteiger partial charge in [0.05, 0.1) is 11.4 Å². The Balaban J connectivity index is 2.81. The maximum Gasteiger partial charge on any atom is 0.147 e. The molecule has 0 amide bonds. The van der Waals surface area contributed by atoms with Crippen LogP contribution in [-0.2, 0) is 0 Å². The van der Waals surface area contributed by atoms with E-state index in [9.17, 15) is 0 Å². The zero-order valence-corrected chi connectivity index (χ0v) is 8.76. The molecule has 0 aliphatic heterocycles. The molecule has 3 heteroatoms. The molecule has 1 rings (SSSR count). The summed E-state index contributed by atoms with van der Waals surface area (Å²) in [6.07, 6.45) is 2.88. The lowest BCUT2D eigenvalue weighted by atomic mass is 10.2. The summed E-state index contributed by atoms with van der Waals surface area (Å²) in [5.41, 5.74) is 1.92. The van der Waals surface area contributed by atoms with Crippen LogP contribution in [0.2, 0.25) is 0 Å². The number of hydrogen-bond acceptors (Lipinski definition) is 3. The van der Waals surface area contributed by atoms with Crippen LogP contribution in [0.25, 0.3) is 0 Å². The van der Waals surface area contributed by atoms with Gasteiger partial charge in [0.2, 0.25) is 0 Å². The molecule has 1 aromatic rings. The van der Waals surface area contributed by atoms with Crippen molar-refractivity contribution in [3.05, 3.63) is 17.6 Å². The van der Waals surface area contributed by atoms with E-state index >= 15 is 0 Å². The molecule has 0 fully saturated rings. The molecule has 0 spiro atoms. The molecule has 1 unspecified atom stereocenters. The fourth-order valence-corrected chi connectivity index (χ4v) is 1.01. The number of aryl methyl sites for hydroxylation is 2. The average molecular weight is 179 g/mol. The normalized spacial score (nSPS) is 12.6. The fraction of sp³-hybridized carbons (Fsp3) is 0.600. The number of hydrogen-bond donors (Lipinski definition) is 1. The van der Waals surface area contributed by atoms with Gasteiger partial charge in [0.25, 0.3) is 0 Å². The van der Waals surface area contributed by atoms with Gasteiger partial charge in [0.15, 0.2) is 0 Å². The molecule has 0 bridgehead atoms. The molecule has 1 N–H and O–H groups in total. The Labute approximate surface area is 79.6 Å². The zero-order valence-electron chi connectivity index (χ0n) is 8.76. The molecule has 1 aromatic heterocycles. The molecular formula is C10H17N3. The Bertz CT molecular complexity index is 283. The predicted octanol–water partition coefficient (Wildman–Crippen LogP) is 2.30. The van der Waals surface area contributed by atoms with E-state index in [4.69, 9.17) is 0 Å². The number of nitrogens with zero attached hydrogens (tertiary/aromatic N) is 2. The van der Waals surface area contributed by atoms with Crippen molar-refractivity contribution in [1.82, 2.24) is 9.97 Å². The summed E-state index contributed by atoms with van der Waals surface area (Å²) in [6, 6.07) is 0.454. The van der Waals surface area contributed by atoms with Gasteiger partial charge in [0.1, 0.15) is 5.82 Å². The summed E-state index contributed by atoms with van der Waals surface area (Å²) in [7, 11) is 0. The van der Waals surface area contributed by atoms with E-state index in [1.165, 1.54) is 0 Å². The Morgan fingerprint density at radius 3 is 2.77 bits per heavy atom. The minimum absolute atomic E-state index is 0.454. The summed E-state index contributed by atoms with van der Waals surface area (Å²) in [5.74, 6) is 0.911. The fourth-order valence-electron chi connectivity index (χ4n) is 1.01. The van der Waals surface area contributed by atoms with E-state index in [2.05, 4.69) is 29.1 Å². The van der Waals surface area contributed by atoms with Crippen molar-refractivity contribution < 1.29 is 0 Å². The van der Waals surface area contributed by atoms with Crippen LogP contribution in [0.4, 0.5) is 5.82 Å². The number of aromatic nitrogens is 2. The van der Waals surface area contributed by atoms with Crippen LogP contribution < -0.4 is 5.32 Å². The number of nitrogens with one attached hydrogen (secondary N) is 1. The first-order valence-corrected chi connectivity index (χ1v) is 4.70. The van der Waals surface area contributed by atoms with Gasteiger partial charge in [0, 0.05) is 12.2 Å². The van der Waals surface area contributed by atoms with Gasteiger partial charge in [-0.2, -0.15) is 0 Å². The predicted molar refractivity (Wildman–Crippen MR) is 54.9 cm³/mol. The molecule has 13 heavy (non-hydrogen) atoms. The quantitative estimate of drug-likeness (QED) is 0.773. The highest BCUT2D eigenvalue weighted by molar-refractivity contribution is 5.40. The topological polar surface area (TPSA) is 37.8 Å². The highest BCUT2D eigenvalue weighted by Crippen LogP contribution is 2.10. The lowest BCUT2D eigenvalue weighted by Gasteiger charge is -2.13. The molecule has 3 nitrogen and oxygen atoms in total. The highest BCUT2D eigenvalue weighted by Gasteiger charge is 2.04. The van der Waals surface area contributed by atoms with Gasteiger partial charge in [-0.05, 0) is 27.2 Å². The largest absolute Gasteiger partial charge is 0.366 e. The first-order valence-electron chi connectivity index (χ1n) is 4.70. The molecule has 0 aliphatic carbocycles. The summed E-state index contributed by atoms with van der Waals surface area (Å²) >= 11 is 0. The first-order chi connectivity index (χ1) is 6.13. The third kappa shape index (κ3) is 2.68. The van der Waals surface area contributed by atoms with Gasteiger partial charge < -0.3 is 5.32 Å². The van der Waals surface area contributed by atoms with Crippen LogP contribution in [0.5, 0.6) is 0 Å². The SMILES string of the molecule is CCC(C)Nc1nc(C)cnc1C. The highest BCUT2D eigenvalue weighted by atomic mass is 15.0. The van der Waals surface area contributed by atoms with Crippen LogP contribution in [0.3, 0.4) is 0 Å². The monoisotopic (exact) mass is 179 g/mol. The average Bonchev–Trinajstić information content (AvgIpc) is 2.11. The van der Waals surface area contributed by atoms with Crippen LogP contribution in [0, 0.1) is 13.8 Å². The molecule has 0 aliphatic rings. The minimum atomic E-state index is 0.454. The second kappa shape index (κ2) is 4.21. The Hall–Kier alpha value is -1.12. The van der Waals surface area contributed by atoms with E-state index in [1.807, 2.05) is 13.8 Å². The van der Waals surface area contributed by atoms with Gasteiger partial charge in [-0.15, -0.1) is 0 Å². The van der Waals surface area contributed by atoms with Gasteiger partial charge in [-0.25, -0.2) is 4.98 Å². The lowest BCUT2D eigenvalue weighted by molar-refractivity contribution is 0.755. The molecule has 72 valence electrons. The van der Waals surface area contributed by atoms with E-state index in [1.54, 1.807) is 6.20 Å². The van der Waals surface area contributed by atoms with Crippen molar-refractivity contribution in [3.8, 4) is 0 Å². The van der Waals surface area contributed by atoms with Crippen molar-refractivity contribution >= 4 is 5.82 Å². The molecular weight excluding hydrogens is 162 g/mol. The van der Waals surface area contributed by atoms with Crippen molar-refractivity contribution in [2.75, 3.05) is 5.32 Å². The summed E-state index contributed by atoms with van der Waals surface area (Å²) in [5, 5.41) is 3.33. The van der Waals surface area contributed by atoms with E-state index in [-0.39, 0.29) is 0 Å². The van der Waals surface area contributed by atoms with Crippen molar-refractivity contribution in [3.63, 3.8) is 0 Å². The third-order valence-corrected chi connectivity index (χ3v) is 2.07. The Kier molecular flexibility index (Phi) is 3.23. The van der Waals surface area contributed by atoms with Crippen LogP contribution in [-0.4, -0.2) is 16.0 Å². The molecule has 0 saturated heterocycles. The Morgan fingerprint density at radius 1 is 1.46 bits per heavy atom. The van der Waals surface area contributed by atoms with E-state index < -0.39 is 0 Å². The van der Waals surface area contributed by atoms with Crippen LogP contribution >= 0.6 is 0 Å². The van der Waals surface area contributed by atoms with Crippen LogP contribution in [0.15, 0.2) is 6.20 Å².